The SMILES string of the molecule is CC(C)=O.CCO.ClC(Cl)Cl. The van der Waals surface area contributed by atoms with Gasteiger partial charge < -0.3 is 9.90 Å². The van der Waals surface area contributed by atoms with Crippen LogP contribution in [0.1, 0.15) is 20.8 Å². The van der Waals surface area contributed by atoms with Gasteiger partial charge >= 0.3 is 0 Å². The number of ketones is 1. The quantitative estimate of drug-likeness (QED) is 0.641. The van der Waals surface area contributed by atoms with E-state index in [9.17, 15) is 4.79 Å². The second-order valence-electron chi connectivity index (χ2n) is 1.47. The van der Waals surface area contributed by atoms with Crippen LogP contribution < -0.4 is 0 Å². The van der Waals surface area contributed by atoms with Crippen molar-refractivity contribution in [2.45, 2.75) is 25.1 Å². The summed E-state index contributed by atoms with van der Waals surface area (Å²) in [6, 6.07) is 0. The fourth-order valence-corrected chi connectivity index (χ4v) is 0. The molecule has 1 N–H and O–H groups in total. The molecular weight excluding hydrogens is 210 g/mol. The lowest BCUT2D eigenvalue weighted by Gasteiger charge is -1.69. The molecule has 0 atom stereocenters. The summed E-state index contributed by atoms with van der Waals surface area (Å²) in [4.78, 5) is 9.44. The van der Waals surface area contributed by atoms with Crippen molar-refractivity contribution < 1.29 is 9.90 Å². The molecule has 0 saturated carbocycles. The van der Waals surface area contributed by atoms with Gasteiger partial charge in [0, 0.05) is 6.61 Å². The van der Waals surface area contributed by atoms with Gasteiger partial charge in [-0.3, -0.25) is 0 Å². The fourth-order valence-electron chi connectivity index (χ4n) is 0. The van der Waals surface area contributed by atoms with E-state index < -0.39 is 4.30 Å². The van der Waals surface area contributed by atoms with Crippen molar-refractivity contribution >= 4 is 40.6 Å². The van der Waals surface area contributed by atoms with E-state index in [1.165, 1.54) is 13.8 Å². The van der Waals surface area contributed by atoms with Gasteiger partial charge in [-0.15, -0.1) is 0 Å². The molecule has 0 fully saturated rings. The van der Waals surface area contributed by atoms with Crippen LogP contribution in [0.3, 0.4) is 0 Å². The Labute approximate surface area is 82.4 Å². The third kappa shape index (κ3) is 3030. The van der Waals surface area contributed by atoms with Gasteiger partial charge in [0.05, 0.1) is 0 Å². The van der Waals surface area contributed by atoms with E-state index in [1.807, 2.05) is 0 Å². The Bertz CT molecular complexity index is 69.5. The lowest BCUT2D eigenvalue weighted by molar-refractivity contribution is -0.114. The molecule has 0 aromatic carbocycles. The molecule has 2 nitrogen and oxygen atoms in total. The predicted octanol–water partition coefficient (Wildman–Crippen LogP) is 2.58. The summed E-state index contributed by atoms with van der Waals surface area (Å²) in [5.41, 5.74) is 0. The minimum Gasteiger partial charge on any atom is -0.397 e. The summed E-state index contributed by atoms with van der Waals surface area (Å²) < 4.78 is -0.750. The van der Waals surface area contributed by atoms with Crippen LogP contribution in [0.25, 0.3) is 0 Å². The number of hydrogen-bond donors (Lipinski definition) is 1. The zero-order chi connectivity index (χ0) is 9.86. The molecule has 0 bridgehead atoms. The van der Waals surface area contributed by atoms with E-state index in [-0.39, 0.29) is 12.4 Å². The highest BCUT2D eigenvalue weighted by Crippen LogP contribution is 2.03. The van der Waals surface area contributed by atoms with Crippen LogP contribution in [0.4, 0.5) is 0 Å². The molecule has 0 rings (SSSR count). The molecule has 0 unspecified atom stereocenters. The Morgan fingerprint density at radius 2 is 1.36 bits per heavy atom. The largest absolute Gasteiger partial charge is 0.397 e. The van der Waals surface area contributed by atoms with E-state index in [1.54, 1.807) is 6.92 Å². The maximum Gasteiger partial charge on any atom is 0.180 e. The van der Waals surface area contributed by atoms with Crippen molar-refractivity contribution in [3.05, 3.63) is 0 Å². The zero-order valence-electron chi connectivity index (χ0n) is 6.77. The molecule has 0 heterocycles. The van der Waals surface area contributed by atoms with Crippen molar-refractivity contribution in [3.8, 4) is 0 Å². The fraction of sp³-hybridized carbons (Fsp3) is 0.833. The average Bonchev–Trinajstić information content (AvgIpc) is 1.60. The van der Waals surface area contributed by atoms with Crippen molar-refractivity contribution in [3.63, 3.8) is 0 Å². The number of aliphatic hydroxyl groups excluding tert-OH is 1. The molecule has 0 amide bonds. The molecule has 0 aliphatic rings. The van der Waals surface area contributed by atoms with Crippen LogP contribution in [0, 0.1) is 0 Å². The molecule has 0 saturated heterocycles. The first-order valence-corrected chi connectivity index (χ1v) is 4.19. The molecule has 0 spiro atoms. The van der Waals surface area contributed by atoms with Crippen LogP contribution in [-0.4, -0.2) is 21.8 Å². The molecule has 11 heavy (non-hydrogen) atoms. The molecule has 0 aromatic rings. The average molecular weight is 224 g/mol. The van der Waals surface area contributed by atoms with Crippen LogP contribution in [-0.2, 0) is 4.79 Å². The van der Waals surface area contributed by atoms with Gasteiger partial charge in [-0.2, -0.15) is 0 Å². The van der Waals surface area contributed by atoms with Crippen LogP contribution in [0.2, 0.25) is 0 Å². The van der Waals surface area contributed by atoms with Gasteiger partial charge in [0.2, 0.25) is 0 Å². The number of Topliss-reactive ketones (excluding diaryl/α,β-unsaturated/α-hetero) is 1. The molecule has 0 aliphatic carbocycles. The normalized spacial score (nSPS) is 7.27. The number of rotatable bonds is 0. The highest BCUT2D eigenvalue weighted by atomic mass is 35.6. The lowest BCUT2D eigenvalue weighted by Crippen LogP contribution is -1.69. The summed E-state index contributed by atoms with van der Waals surface area (Å²) in [5, 5.41) is 7.57. The van der Waals surface area contributed by atoms with E-state index in [0.717, 1.165) is 0 Å². The summed E-state index contributed by atoms with van der Waals surface area (Å²) in [6.07, 6.45) is 0. The maximum atomic E-state index is 9.44. The number of halogens is 3. The summed E-state index contributed by atoms with van der Waals surface area (Å²) in [6.45, 7) is 4.99. The van der Waals surface area contributed by atoms with Crippen molar-refractivity contribution in [1.29, 1.82) is 0 Å². The number of alkyl halides is 3. The Morgan fingerprint density at radius 1 is 1.36 bits per heavy atom. The Kier molecular flexibility index (Phi) is 26.9. The van der Waals surface area contributed by atoms with Crippen molar-refractivity contribution in [1.82, 2.24) is 0 Å². The highest BCUT2D eigenvalue weighted by Gasteiger charge is 1.78. The van der Waals surface area contributed by atoms with E-state index >= 15 is 0 Å². The predicted molar refractivity (Wildman–Crippen MR) is 50.5 cm³/mol. The monoisotopic (exact) mass is 222 g/mol. The first kappa shape index (κ1) is 17.5. The van der Waals surface area contributed by atoms with Gasteiger partial charge in [-0.05, 0) is 20.8 Å². The van der Waals surface area contributed by atoms with Crippen LogP contribution >= 0.6 is 34.8 Å². The second kappa shape index (κ2) is 16.8. The number of hydrogen-bond acceptors (Lipinski definition) is 2. The van der Waals surface area contributed by atoms with E-state index in [4.69, 9.17) is 39.9 Å². The Morgan fingerprint density at radius 3 is 1.36 bits per heavy atom. The van der Waals surface area contributed by atoms with Gasteiger partial charge in [-0.1, -0.05) is 34.8 Å². The number of aliphatic hydroxyl groups is 1. The standard InChI is InChI=1S/C3H6O.C2H6O.CHCl3/c1-3(2)4;1-2-3;2-1(3)4/h1-2H3;3H,2H2,1H3;1H. The molecule has 5 heteroatoms. The van der Waals surface area contributed by atoms with Crippen LogP contribution in [0.15, 0.2) is 0 Å². The summed E-state index contributed by atoms with van der Waals surface area (Å²) in [5.74, 6) is 0.167. The summed E-state index contributed by atoms with van der Waals surface area (Å²) in [7, 11) is 0. The minimum absolute atomic E-state index is 0.167. The molecule has 70 valence electrons. The lowest BCUT2D eigenvalue weighted by atomic mass is 10.6. The second-order valence-corrected chi connectivity index (χ2v) is 3.45. The summed E-state index contributed by atoms with van der Waals surface area (Å²) >= 11 is 14.4. The first-order valence-electron chi connectivity index (χ1n) is 2.88. The molecular formula is C6H13Cl3O2. The smallest absolute Gasteiger partial charge is 0.180 e. The number of carbonyl (C=O) groups excluding carboxylic acids is 1. The molecule has 0 aliphatic heterocycles. The van der Waals surface area contributed by atoms with E-state index in [2.05, 4.69) is 0 Å². The van der Waals surface area contributed by atoms with Crippen molar-refractivity contribution in [2.75, 3.05) is 6.61 Å². The van der Waals surface area contributed by atoms with Gasteiger partial charge in [0.15, 0.2) is 4.30 Å². The third-order valence-electron chi connectivity index (χ3n) is 0. The van der Waals surface area contributed by atoms with Gasteiger partial charge in [-0.25, -0.2) is 0 Å². The van der Waals surface area contributed by atoms with Crippen LogP contribution in [0.5, 0.6) is 0 Å². The highest BCUT2D eigenvalue weighted by molar-refractivity contribution is 6.63. The Hall–Kier alpha value is 0.500. The first-order chi connectivity index (χ1) is 4.88. The molecule has 0 radical (unpaired) electrons. The number of carbonyl (C=O) groups is 1. The van der Waals surface area contributed by atoms with Crippen molar-refractivity contribution in [2.24, 2.45) is 0 Å². The van der Waals surface area contributed by atoms with Gasteiger partial charge in [0.1, 0.15) is 5.78 Å². The van der Waals surface area contributed by atoms with Gasteiger partial charge in [0.25, 0.3) is 0 Å². The van der Waals surface area contributed by atoms with E-state index in [0.29, 0.717) is 0 Å². The minimum atomic E-state index is -0.750. The molecule has 0 aromatic heterocycles. The maximum absolute atomic E-state index is 9.44. The third-order valence-corrected chi connectivity index (χ3v) is 0. The zero-order valence-corrected chi connectivity index (χ0v) is 9.04. The topological polar surface area (TPSA) is 37.3 Å². The Balaban J connectivity index is -0.0000000886.